The molecule has 6 heteroatoms. The molecule has 1 fully saturated rings. The summed E-state index contributed by atoms with van der Waals surface area (Å²) in [7, 11) is 0. The fourth-order valence-corrected chi connectivity index (χ4v) is 2.33. The number of benzene rings is 1. The Morgan fingerprint density at radius 2 is 2.05 bits per heavy atom. The maximum Gasteiger partial charge on any atom is 0.252 e. The van der Waals surface area contributed by atoms with Crippen LogP contribution in [0.25, 0.3) is 0 Å². The van der Waals surface area contributed by atoms with Crippen LogP contribution in [0.1, 0.15) is 23.2 Å². The van der Waals surface area contributed by atoms with E-state index in [1.165, 1.54) is 0 Å². The van der Waals surface area contributed by atoms with Crippen LogP contribution in [-0.4, -0.2) is 36.4 Å². The predicted molar refractivity (Wildman–Crippen MR) is 73.8 cm³/mol. The summed E-state index contributed by atoms with van der Waals surface area (Å²) >= 11 is 11.8. The molecule has 104 valence electrons. The van der Waals surface area contributed by atoms with Gasteiger partial charge in [-0.3, -0.25) is 4.79 Å². The van der Waals surface area contributed by atoms with Crippen LogP contribution in [0.2, 0.25) is 10.0 Å². The topological polar surface area (TPSA) is 58.6 Å². The Hall–Kier alpha value is -0.810. The van der Waals surface area contributed by atoms with Gasteiger partial charge < -0.3 is 15.2 Å². The lowest BCUT2D eigenvalue weighted by Gasteiger charge is -2.32. The molecule has 1 amide bonds. The van der Waals surface area contributed by atoms with Gasteiger partial charge in [0.15, 0.2) is 0 Å². The molecule has 0 bridgehead atoms. The van der Waals surface area contributed by atoms with E-state index in [-0.39, 0.29) is 17.5 Å². The lowest BCUT2D eigenvalue weighted by Crippen LogP contribution is -2.46. The zero-order valence-electron chi connectivity index (χ0n) is 10.3. The fourth-order valence-electron chi connectivity index (χ4n) is 1.95. The Labute approximate surface area is 121 Å². The number of ether oxygens (including phenoxy) is 1. The van der Waals surface area contributed by atoms with Gasteiger partial charge >= 0.3 is 0 Å². The van der Waals surface area contributed by atoms with Crippen molar-refractivity contribution in [1.82, 2.24) is 5.32 Å². The summed E-state index contributed by atoms with van der Waals surface area (Å²) in [5.74, 6) is -0.340. The number of rotatable bonds is 3. The Kier molecular flexibility index (Phi) is 4.68. The molecule has 0 spiro atoms. The molecule has 1 aromatic rings. The van der Waals surface area contributed by atoms with E-state index in [9.17, 15) is 9.90 Å². The van der Waals surface area contributed by atoms with Crippen molar-refractivity contribution in [1.29, 1.82) is 0 Å². The van der Waals surface area contributed by atoms with Gasteiger partial charge in [-0.25, -0.2) is 0 Å². The number of carbonyl (C=O) groups is 1. The van der Waals surface area contributed by atoms with Crippen LogP contribution in [0.3, 0.4) is 0 Å². The molecule has 19 heavy (non-hydrogen) atoms. The molecular weight excluding hydrogens is 289 g/mol. The van der Waals surface area contributed by atoms with Crippen molar-refractivity contribution >= 4 is 29.1 Å². The Morgan fingerprint density at radius 1 is 1.37 bits per heavy atom. The molecular formula is C13H15Cl2NO3. The van der Waals surface area contributed by atoms with E-state index < -0.39 is 5.60 Å². The monoisotopic (exact) mass is 303 g/mol. The lowest BCUT2D eigenvalue weighted by molar-refractivity contribution is -0.0605. The molecule has 1 saturated heterocycles. The zero-order valence-corrected chi connectivity index (χ0v) is 11.8. The van der Waals surface area contributed by atoms with E-state index in [0.717, 1.165) is 0 Å². The zero-order chi connectivity index (χ0) is 13.9. The third-order valence-electron chi connectivity index (χ3n) is 3.20. The highest BCUT2D eigenvalue weighted by Crippen LogP contribution is 2.25. The maximum atomic E-state index is 12.0. The number of hydrogen-bond donors (Lipinski definition) is 2. The summed E-state index contributed by atoms with van der Waals surface area (Å²) in [4.78, 5) is 12.0. The fraction of sp³-hybridized carbons (Fsp3) is 0.462. The standard InChI is InChI=1S/C13H15Cl2NO3/c14-10-3-1-2-9(11(10)15)12(17)16-8-13(18)4-6-19-7-5-13/h1-3,18H,4-8H2,(H,16,17). The summed E-state index contributed by atoms with van der Waals surface area (Å²) in [5, 5.41) is 13.5. The molecule has 1 aliphatic rings. The summed E-state index contributed by atoms with van der Waals surface area (Å²) in [6.45, 7) is 1.19. The van der Waals surface area contributed by atoms with Crippen molar-refractivity contribution in [2.24, 2.45) is 0 Å². The second-order valence-corrected chi connectivity index (χ2v) is 5.41. The Bertz CT molecular complexity index is 473. The van der Waals surface area contributed by atoms with Crippen LogP contribution in [0, 0.1) is 0 Å². The maximum absolute atomic E-state index is 12.0. The van der Waals surface area contributed by atoms with Crippen molar-refractivity contribution in [2.75, 3.05) is 19.8 Å². The van der Waals surface area contributed by atoms with E-state index in [1.807, 2.05) is 0 Å². The number of carbonyl (C=O) groups excluding carboxylic acids is 1. The first-order valence-electron chi connectivity index (χ1n) is 6.04. The second kappa shape index (κ2) is 6.09. The van der Waals surface area contributed by atoms with Gasteiger partial charge in [0.05, 0.1) is 21.2 Å². The average molecular weight is 304 g/mol. The minimum Gasteiger partial charge on any atom is -0.388 e. The summed E-state index contributed by atoms with van der Waals surface area (Å²) in [5.41, 5.74) is -0.594. The molecule has 0 saturated carbocycles. The van der Waals surface area contributed by atoms with Gasteiger partial charge in [-0.05, 0) is 12.1 Å². The number of amides is 1. The van der Waals surface area contributed by atoms with Crippen molar-refractivity contribution in [3.8, 4) is 0 Å². The normalized spacial score (nSPS) is 18.1. The van der Waals surface area contributed by atoms with Crippen molar-refractivity contribution in [3.05, 3.63) is 33.8 Å². The van der Waals surface area contributed by atoms with Gasteiger partial charge in [0.25, 0.3) is 5.91 Å². The molecule has 2 N–H and O–H groups in total. The Morgan fingerprint density at radius 3 is 2.74 bits per heavy atom. The molecule has 0 atom stereocenters. The number of aliphatic hydroxyl groups is 1. The van der Waals surface area contributed by atoms with E-state index in [1.54, 1.807) is 18.2 Å². The highest BCUT2D eigenvalue weighted by Gasteiger charge is 2.30. The van der Waals surface area contributed by atoms with Crippen molar-refractivity contribution < 1.29 is 14.6 Å². The molecule has 0 unspecified atom stereocenters. The van der Waals surface area contributed by atoms with E-state index in [2.05, 4.69) is 5.32 Å². The molecule has 1 heterocycles. The lowest BCUT2D eigenvalue weighted by atomic mass is 9.94. The van der Waals surface area contributed by atoms with Crippen molar-refractivity contribution in [3.63, 3.8) is 0 Å². The molecule has 0 aliphatic carbocycles. The summed E-state index contributed by atoms with van der Waals surface area (Å²) in [6.07, 6.45) is 1.02. The SMILES string of the molecule is O=C(NCC1(O)CCOCC1)c1cccc(Cl)c1Cl. The van der Waals surface area contributed by atoms with Crippen LogP contribution in [0.5, 0.6) is 0 Å². The minimum atomic E-state index is -0.904. The van der Waals surface area contributed by atoms with Crippen molar-refractivity contribution in [2.45, 2.75) is 18.4 Å². The minimum absolute atomic E-state index is 0.179. The third-order valence-corrected chi connectivity index (χ3v) is 4.02. The second-order valence-electron chi connectivity index (χ2n) is 4.62. The van der Waals surface area contributed by atoms with Crippen LogP contribution < -0.4 is 5.32 Å². The molecule has 4 nitrogen and oxygen atoms in total. The van der Waals surface area contributed by atoms with E-state index >= 15 is 0 Å². The van der Waals surface area contributed by atoms with Gasteiger partial charge in [0.1, 0.15) is 0 Å². The van der Waals surface area contributed by atoms with Gasteiger partial charge in [0, 0.05) is 32.6 Å². The predicted octanol–water partition coefficient (Wildman–Crippen LogP) is 2.26. The largest absolute Gasteiger partial charge is 0.388 e. The summed E-state index contributed by atoms with van der Waals surface area (Å²) < 4.78 is 5.18. The molecule has 0 aromatic heterocycles. The van der Waals surface area contributed by atoms with Crippen LogP contribution in [-0.2, 0) is 4.74 Å². The molecule has 1 aliphatic heterocycles. The van der Waals surface area contributed by atoms with E-state index in [4.69, 9.17) is 27.9 Å². The smallest absolute Gasteiger partial charge is 0.252 e. The average Bonchev–Trinajstić information content (AvgIpc) is 2.40. The highest BCUT2D eigenvalue weighted by molar-refractivity contribution is 6.43. The Balaban J connectivity index is 1.99. The van der Waals surface area contributed by atoms with Gasteiger partial charge in [-0.15, -0.1) is 0 Å². The molecule has 1 aromatic carbocycles. The molecule has 2 rings (SSSR count). The quantitative estimate of drug-likeness (QED) is 0.900. The first-order valence-corrected chi connectivity index (χ1v) is 6.80. The number of halogens is 2. The highest BCUT2D eigenvalue weighted by atomic mass is 35.5. The van der Waals surface area contributed by atoms with E-state index in [0.29, 0.717) is 36.6 Å². The van der Waals surface area contributed by atoms with Gasteiger partial charge in [0.2, 0.25) is 0 Å². The van der Waals surface area contributed by atoms with Crippen LogP contribution in [0.15, 0.2) is 18.2 Å². The first kappa shape index (κ1) is 14.6. The van der Waals surface area contributed by atoms with Gasteiger partial charge in [-0.1, -0.05) is 29.3 Å². The third kappa shape index (κ3) is 3.60. The number of nitrogens with one attached hydrogen (secondary N) is 1. The molecule has 0 radical (unpaired) electrons. The van der Waals surface area contributed by atoms with Gasteiger partial charge in [-0.2, -0.15) is 0 Å². The first-order chi connectivity index (χ1) is 9.02. The van der Waals surface area contributed by atoms with Crippen LogP contribution >= 0.6 is 23.2 Å². The number of hydrogen-bond acceptors (Lipinski definition) is 3. The summed E-state index contributed by atoms with van der Waals surface area (Å²) in [6, 6.07) is 4.87. The van der Waals surface area contributed by atoms with Crippen LogP contribution in [0.4, 0.5) is 0 Å².